The van der Waals surface area contributed by atoms with Crippen molar-refractivity contribution in [3.8, 4) is 0 Å². The zero-order valence-corrected chi connectivity index (χ0v) is 18.8. The SMILES string of the molecule is O=C(NC1CCCC1)c1ccc2c(c1)CC/C=C(\c1cccc(F)c1)c1ccccc1S2. The molecule has 32 heavy (non-hydrogen) atoms. The molecule has 2 aliphatic rings. The maximum Gasteiger partial charge on any atom is 0.251 e. The molecule has 0 unspecified atom stereocenters. The van der Waals surface area contributed by atoms with E-state index in [1.54, 1.807) is 23.9 Å². The summed E-state index contributed by atoms with van der Waals surface area (Å²) in [5.41, 5.74) is 4.97. The Bertz CT molecular complexity index is 1180. The third kappa shape index (κ3) is 4.51. The topological polar surface area (TPSA) is 29.1 Å². The molecular formula is C28H26FNOS. The number of amides is 1. The summed E-state index contributed by atoms with van der Waals surface area (Å²) in [4.78, 5) is 15.1. The number of halogens is 1. The lowest BCUT2D eigenvalue weighted by atomic mass is 9.95. The van der Waals surface area contributed by atoms with E-state index >= 15 is 0 Å². The molecule has 1 aliphatic carbocycles. The number of allylic oxidation sites excluding steroid dienone is 1. The van der Waals surface area contributed by atoms with Crippen molar-refractivity contribution in [1.82, 2.24) is 5.32 Å². The Balaban J connectivity index is 1.49. The van der Waals surface area contributed by atoms with E-state index in [0.717, 1.165) is 52.8 Å². The van der Waals surface area contributed by atoms with Gasteiger partial charge in [-0.15, -0.1) is 0 Å². The fraction of sp³-hybridized carbons (Fsp3) is 0.250. The predicted octanol–water partition coefficient (Wildman–Crippen LogP) is 7.03. The number of hydrogen-bond donors (Lipinski definition) is 1. The van der Waals surface area contributed by atoms with Gasteiger partial charge in [-0.2, -0.15) is 0 Å². The van der Waals surface area contributed by atoms with Crippen LogP contribution in [-0.2, 0) is 6.42 Å². The van der Waals surface area contributed by atoms with Crippen LogP contribution < -0.4 is 5.32 Å². The lowest BCUT2D eigenvalue weighted by Crippen LogP contribution is -2.32. The van der Waals surface area contributed by atoms with Gasteiger partial charge in [0.2, 0.25) is 0 Å². The minimum Gasteiger partial charge on any atom is -0.349 e. The zero-order chi connectivity index (χ0) is 21.9. The summed E-state index contributed by atoms with van der Waals surface area (Å²) < 4.78 is 14.0. The molecule has 0 aromatic heterocycles. The molecule has 0 bridgehead atoms. The van der Waals surface area contributed by atoms with Gasteiger partial charge in [-0.05, 0) is 84.3 Å². The summed E-state index contributed by atoms with van der Waals surface area (Å²) in [6, 6.07) is 21.5. The molecule has 5 rings (SSSR count). The molecule has 0 radical (unpaired) electrons. The highest BCUT2D eigenvalue weighted by atomic mass is 32.2. The van der Waals surface area contributed by atoms with E-state index in [4.69, 9.17) is 0 Å². The van der Waals surface area contributed by atoms with Crippen molar-refractivity contribution in [3.63, 3.8) is 0 Å². The van der Waals surface area contributed by atoms with Gasteiger partial charge in [0, 0.05) is 21.4 Å². The van der Waals surface area contributed by atoms with Crippen LogP contribution in [0.3, 0.4) is 0 Å². The van der Waals surface area contributed by atoms with Crippen molar-refractivity contribution in [2.75, 3.05) is 0 Å². The molecule has 1 heterocycles. The fourth-order valence-corrected chi connectivity index (χ4v) is 5.76. The predicted molar refractivity (Wildman–Crippen MR) is 129 cm³/mol. The summed E-state index contributed by atoms with van der Waals surface area (Å²) in [5, 5.41) is 3.20. The average molecular weight is 444 g/mol. The summed E-state index contributed by atoms with van der Waals surface area (Å²) in [6.07, 6.45) is 8.42. The molecule has 4 heteroatoms. The summed E-state index contributed by atoms with van der Waals surface area (Å²) in [5.74, 6) is -0.199. The van der Waals surface area contributed by atoms with Crippen molar-refractivity contribution >= 4 is 23.2 Å². The Morgan fingerprint density at radius 1 is 0.938 bits per heavy atom. The van der Waals surface area contributed by atoms with Crippen molar-refractivity contribution < 1.29 is 9.18 Å². The van der Waals surface area contributed by atoms with Crippen LogP contribution in [0.4, 0.5) is 4.39 Å². The maximum atomic E-state index is 14.0. The molecular weight excluding hydrogens is 417 g/mol. The number of nitrogens with one attached hydrogen (secondary N) is 1. The van der Waals surface area contributed by atoms with Gasteiger partial charge >= 0.3 is 0 Å². The van der Waals surface area contributed by atoms with E-state index in [2.05, 4.69) is 35.7 Å². The summed E-state index contributed by atoms with van der Waals surface area (Å²) >= 11 is 1.72. The standard InChI is InChI=1S/C28H26FNOS/c29-22-9-5-7-19(18-22)24-13-6-8-20-17-21(28(31)30-23-10-1-2-11-23)15-16-26(20)32-27-14-4-3-12-25(24)27/h3-5,7,9,12-18,23H,1-2,6,8,10-11H2,(H,30,31)/b24-13+. The van der Waals surface area contributed by atoms with Gasteiger partial charge in [-0.3, -0.25) is 4.79 Å². The first-order valence-electron chi connectivity index (χ1n) is 11.3. The molecule has 0 spiro atoms. The number of fused-ring (bicyclic) bond motifs is 2. The van der Waals surface area contributed by atoms with Crippen LogP contribution in [0, 0.1) is 5.82 Å². The quantitative estimate of drug-likeness (QED) is 0.471. The fourth-order valence-electron chi connectivity index (χ4n) is 4.66. The van der Waals surface area contributed by atoms with Crippen molar-refractivity contribution in [3.05, 3.63) is 101 Å². The Hall–Kier alpha value is -2.85. The third-order valence-corrected chi connectivity index (χ3v) is 7.50. The highest BCUT2D eigenvalue weighted by Crippen LogP contribution is 2.40. The van der Waals surface area contributed by atoms with E-state index < -0.39 is 0 Å². The van der Waals surface area contributed by atoms with Crippen molar-refractivity contribution in [2.45, 2.75) is 54.4 Å². The Labute approximate surface area is 192 Å². The molecule has 2 nitrogen and oxygen atoms in total. The van der Waals surface area contributed by atoms with Crippen LogP contribution in [0.15, 0.2) is 82.6 Å². The highest BCUT2D eigenvalue weighted by Gasteiger charge is 2.20. The number of carbonyl (C=O) groups excluding carboxylic acids is 1. The van der Waals surface area contributed by atoms with Crippen LogP contribution in [0.1, 0.15) is 59.2 Å². The number of carbonyl (C=O) groups is 1. The largest absolute Gasteiger partial charge is 0.349 e. The first kappa shape index (κ1) is 21.0. The molecule has 0 atom stereocenters. The van der Waals surface area contributed by atoms with Crippen LogP contribution in [-0.4, -0.2) is 11.9 Å². The molecule has 162 valence electrons. The lowest BCUT2D eigenvalue weighted by Gasteiger charge is -2.15. The smallest absolute Gasteiger partial charge is 0.251 e. The molecule has 1 N–H and O–H groups in total. The molecule has 1 amide bonds. The zero-order valence-electron chi connectivity index (χ0n) is 17.9. The van der Waals surface area contributed by atoms with Crippen LogP contribution >= 0.6 is 11.8 Å². The molecule has 1 fully saturated rings. The molecule has 3 aromatic carbocycles. The van der Waals surface area contributed by atoms with Gasteiger partial charge in [0.25, 0.3) is 5.91 Å². The second-order valence-corrected chi connectivity index (χ2v) is 9.63. The lowest BCUT2D eigenvalue weighted by molar-refractivity contribution is 0.0937. The molecule has 0 saturated heterocycles. The van der Waals surface area contributed by atoms with Gasteiger partial charge in [0.1, 0.15) is 5.82 Å². The highest BCUT2D eigenvalue weighted by molar-refractivity contribution is 7.99. The number of benzene rings is 3. The van der Waals surface area contributed by atoms with Crippen LogP contribution in [0.25, 0.3) is 5.57 Å². The maximum absolute atomic E-state index is 14.0. The first-order chi connectivity index (χ1) is 15.7. The van der Waals surface area contributed by atoms with E-state index in [0.29, 0.717) is 6.04 Å². The molecule has 1 aliphatic heterocycles. The first-order valence-corrected chi connectivity index (χ1v) is 12.2. The number of hydrogen-bond acceptors (Lipinski definition) is 2. The van der Waals surface area contributed by atoms with Gasteiger partial charge in [-0.25, -0.2) is 4.39 Å². The van der Waals surface area contributed by atoms with E-state index in [9.17, 15) is 9.18 Å². The number of rotatable bonds is 3. The van der Waals surface area contributed by atoms with Gasteiger partial charge in [0.15, 0.2) is 0 Å². The normalized spacial score (nSPS) is 17.8. The number of aryl methyl sites for hydroxylation is 1. The Morgan fingerprint density at radius 2 is 1.78 bits per heavy atom. The van der Waals surface area contributed by atoms with E-state index in [-0.39, 0.29) is 11.7 Å². The minimum atomic E-state index is -0.227. The Morgan fingerprint density at radius 3 is 2.62 bits per heavy atom. The Kier molecular flexibility index (Phi) is 6.13. The average Bonchev–Trinajstić information content (AvgIpc) is 3.33. The van der Waals surface area contributed by atoms with Crippen molar-refractivity contribution in [2.24, 2.45) is 0 Å². The van der Waals surface area contributed by atoms with Gasteiger partial charge in [0.05, 0.1) is 0 Å². The van der Waals surface area contributed by atoms with Gasteiger partial charge < -0.3 is 5.32 Å². The van der Waals surface area contributed by atoms with E-state index in [1.807, 2.05) is 24.3 Å². The minimum absolute atomic E-state index is 0.0287. The molecule has 3 aromatic rings. The second kappa shape index (κ2) is 9.33. The summed E-state index contributed by atoms with van der Waals surface area (Å²) in [6.45, 7) is 0. The third-order valence-electron chi connectivity index (χ3n) is 6.31. The van der Waals surface area contributed by atoms with Crippen LogP contribution in [0.5, 0.6) is 0 Å². The van der Waals surface area contributed by atoms with Crippen molar-refractivity contribution in [1.29, 1.82) is 0 Å². The second-order valence-electron chi connectivity index (χ2n) is 8.54. The van der Waals surface area contributed by atoms with E-state index in [1.165, 1.54) is 29.4 Å². The summed E-state index contributed by atoms with van der Waals surface area (Å²) in [7, 11) is 0. The molecule has 1 saturated carbocycles. The monoisotopic (exact) mass is 443 g/mol. The van der Waals surface area contributed by atoms with Crippen LogP contribution in [0.2, 0.25) is 0 Å². The van der Waals surface area contributed by atoms with Gasteiger partial charge in [-0.1, -0.05) is 61.0 Å².